The van der Waals surface area contributed by atoms with Gasteiger partial charge in [-0.25, -0.2) is 9.13 Å². The molecule has 582 valence electrons. The molecule has 0 fully saturated rings. The number of unbranched alkanes of at least 4 members (excludes halogenated alkanes) is 16. The van der Waals surface area contributed by atoms with E-state index >= 15 is 0 Å². The van der Waals surface area contributed by atoms with E-state index in [9.17, 15) is 43.5 Å². The molecule has 4 N–H and O–H groups in total. The molecule has 103 heavy (non-hydrogen) atoms. The van der Waals surface area contributed by atoms with E-state index in [1.165, 1.54) is 19.3 Å². The summed E-state index contributed by atoms with van der Waals surface area (Å²) in [6.07, 6.45) is 98.9. The fourth-order valence-electron chi connectivity index (χ4n) is 9.44. The van der Waals surface area contributed by atoms with Gasteiger partial charge in [-0.3, -0.25) is 32.5 Å². The lowest BCUT2D eigenvalue weighted by molar-refractivity contribution is -0.161. The maximum Gasteiger partial charge on any atom is 0.472 e. The SMILES string of the molecule is CC/C=C\C/C=C\C/C=C\C/C=C\C/C=C\C/C=C\CCCCCCC(=O)OCC(O)COP(=O)(O)OCC(O)COP(=O)(O)OCC(COC(=O)CCCCCC/C=C\C/C=C\C/C=C\C/C=C\C/C=C\C/C=C\CC)OC(=O)CCCCCCC/C=C\C/C=C\C/C=C\C/C=C\CCCCC. The maximum atomic E-state index is 13.0. The number of phosphoric ester groups is 2. The Morgan fingerprint density at radius 3 is 0.816 bits per heavy atom. The number of ether oxygens (including phenoxy) is 3. The molecule has 18 heteroatoms. The van der Waals surface area contributed by atoms with Gasteiger partial charge in [-0.1, -0.05) is 273 Å². The third-order valence-corrected chi connectivity index (χ3v) is 17.2. The van der Waals surface area contributed by atoms with E-state index in [0.717, 1.165) is 186 Å². The minimum atomic E-state index is -4.96. The van der Waals surface area contributed by atoms with Crippen molar-refractivity contribution in [2.45, 2.75) is 283 Å². The third-order valence-electron chi connectivity index (χ3n) is 15.3. The molecule has 0 heterocycles. The maximum absolute atomic E-state index is 13.0. The minimum Gasteiger partial charge on any atom is -0.463 e. The van der Waals surface area contributed by atoms with Crippen molar-refractivity contribution in [3.8, 4) is 0 Å². The van der Waals surface area contributed by atoms with Gasteiger partial charge in [-0.05, 0) is 167 Å². The van der Waals surface area contributed by atoms with Crippen molar-refractivity contribution < 1.29 is 75.8 Å². The fraction of sp³-hybridized carbons (Fsp3) is 0.588. The lowest BCUT2D eigenvalue weighted by Gasteiger charge is -2.21. The van der Waals surface area contributed by atoms with Crippen LogP contribution in [-0.4, -0.2) is 95.9 Å². The van der Waals surface area contributed by atoms with Crippen molar-refractivity contribution in [3.05, 3.63) is 194 Å². The summed E-state index contributed by atoms with van der Waals surface area (Å²) >= 11 is 0. The van der Waals surface area contributed by atoms with Crippen LogP contribution in [0.2, 0.25) is 0 Å². The average molecular weight is 1480 g/mol. The summed E-state index contributed by atoms with van der Waals surface area (Å²) in [6, 6.07) is 0. The average Bonchev–Trinajstić information content (AvgIpc) is 0.922. The summed E-state index contributed by atoms with van der Waals surface area (Å²) in [6.45, 7) is 2.31. The van der Waals surface area contributed by atoms with Crippen molar-refractivity contribution >= 4 is 33.6 Å². The van der Waals surface area contributed by atoms with Gasteiger partial charge in [0.2, 0.25) is 0 Å². The predicted molar refractivity (Wildman–Crippen MR) is 426 cm³/mol. The van der Waals surface area contributed by atoms with Crippen LogP contribution in [0.4, 0.5) is 0 Å². The van der Waals surface area contributed by atoms with Gasteiger partial charge in [-0.15, -0.1) is 0 Å². The number of rotatable bonds is 71. The highest BCUT2D eigenvalue weighted by atomic mass is 31.2. The van der Waals surface area contributed by atoms with E-state index in [-0.39, 0.29) is 19.3 Å². The van der Waals surface area contributed by atoms with Gasteiger partial charge < -0.3 is 34.2 Å². The van der Waals surface area contributed by atoms with Crippen LogP contribution >= 0.6 is 15.6 Å². The Balaban J connectivity index is 4.82. The summed E-state index contributed by atoms with van der Waals surface area (Å²) < 4.78 is 61.1. The van der Waals surface area contributed by atoms with Crippen LogP contribution in [0.25, 0.3) is 0 Å². The van der Waals surface area contributed by atoms with Crippen LogP contribution in [0.3, 0.4) is 0 Å². The predicted octanol–water partition coefficient (Wildman–Crippen LogP) is 22.8. The molecule has 0 saturated carbocycles. The first-order valence-electron chi connectivity index (χ1n) is 38.7. The van der Waals surface area contributed by atoms with Gasteiger partial charge in [0, 0.05) is 19.3 Å². The van der Waals surface area contributed by atoms with Crippen molar-refractivity contribution in [1.29, 1.82) is 0 Å². The van der Waals surface area contributed by atoms with Crippen LogP contribution in [0.5, 0.6) is 0 Å². The normalized spacial score (nSPS) is 15.1. The molecular formula is C85H136O16P2. The standard InChI is InChI=1S/C85H136O16P2/c1-4-7-10-13-16-19-22-25-28-31-34-37-39-42-44-47-50-53-56-59-62-65-68-71-83(88)95-74-80(86)75-97-102(91,92)98-76-81(87)77-99-103(93,94)100-79-82(101-85(90)73-70-67-64-61-58-55-52-49-46-41-36-33-30-27-24-21-18-15-12-9-6-3)78-96-84(89)72-69-66-63-60-57-54-51-48-45-43-40-38-35-32-29-26-23-20-17-14-11-8-5-2/h7-8,10-11,16-21,25-30,34-38,41-45,49-54,80-82,86-87H,4-6,9,12-15,22-24,31-33,39-40,46-48,55-79H2,1-3H3,(H,91,92)(H,93,94)/b10-7-,11-8-,19-16-,20-17-,21-18-,28-25-,29-26-,30-27-,37-34-,38-35-,41-36-,44-42-,45-43-,52-49-,53-50-,54-51-. The lowest BCUT2D eigenvalue weighted by Crippen LogP contribution is -2.30. The molecule has 5 atom stereocenters. The Kier molecular flexibility index (Phi) is 71.9. The summed E-state index contributed by atoms with van der Waals surface area (Å²) in [5.74, 6) is -1.66. The molecule has 0 aliphatic heterocycles. The number of allylic oxidation sites excluding steroid dienone is 32. The second-order valence-electron chi connectivity index (χ2n) is 25.0. The number of aliphatic hydroxyl groups is 2. The molecule has 0 spiro atoms. The number of aliphatic hydroxyl groups excluding tert-OH is 2. The first-order valence-corrected chi connectivity index (χ1v) is 41.7. The number of hydrogen-bond donors (Lipinski definition) is 4. The van der Waals surface area contributed by atoms with Gasteiger partial charge in [0.05, 0.1) is 26.4 Å². The van der Waals surface area contributed by atoms with Crippen molar-refractivity contribution in [2.24, 2.45) is 0 Å². The largest absolute Gasteiger partial charge is 0.472 e. The number of carbonyl (C=O) groups is 3. The highest BCUT2D eigenvalue weighted by Crippen LogP contribution is 2.45. The Bertz CT molecular complexity index is 2650. The zero-order chi connectivity index (χ0) is 75.2. The zero-order valence-electron chi connectivity index (χ0n) is 63.4. The lowest BCUT2D eigenvalue weighted by atomic mass is 10.1. The monoisotopic (exact) mass is 1470 g/mol. The third kappa shape index (κ3) is 77.3. The van der Waals surface area contributed by atoms with Crippen molar-refractivity contribution in [1.82, 2.24) is 0 Å². The molecule has 0 aromatic heterocycles. The molecular weight excluding hydrogens is 1340 g/mol. The summed E-state index contributed by atoms with van der Waals surface area (Å²) in [5.41, 5.74) is 0. The molecule has 0 aliphatic rings. The number of esters is 3. The summed E-state index contributed by atoms with van der Waals surface area (Å²) in [7, 11) is -9.83. The van der Waals surface area contributed by atoms with Gasteiger partial charge in [0.1, 0.15) is 25.4 Å². The smallest absolute Gasteiger partial charge is 0.463 e. The van der Waals surface area contributed by atoms with Gasteiger partial charge in [0.15, 0.2) is 6.10 Å². The number of carbonyl (C=O) groups excluding carboxylic acids is 3. The Morgan fingerprint density at radius 1 is 0.282 bits per heavy atom. The van der Waals surface area contributed by atoms with Crippen molar-refractivity contribution in [2.75, 3.05) is 39.6 Å². The van der Waals surface area contributed by atoms with E-state index in [4.69, 9.17) is 32.3 Å². The van der Waals surface area contributed by atoms with Crippen LogP contribution in [0, 0.1) is 0 Å². The summed E-state index contributed by atoms with van der Waals surface area (Å²) in [5, 5.41) is 20.6. The van der Waals surface area contributed by atoms with Crippen LogP contribution in [0.15, 0.2) is 194 Å². The summed E-state index contributed by atoms with van der Waals surface area (Å²) in [4.78, 5) is 58.7. The second-order valence-corrected chi connectivity index (χ2v) is 27.9. The van der Waals surface area contributed by atoms with E-state index in [0.29, 0.717) is 19.3 Å². The molecule has 0 bridgehead atoms. The number of phosphoric acid groups is 2. The van der Waals surface area contributed by atoms with Crippen LogP contribution < -0.4 is 0 Å². The first kappa shape index (κ1) is 97.4. The second kappa shape index (κ2) is 76.1. The van der Waals surface area contributed by atoms with Crippen molar-refractivity contribution in [3.63, 3.8) is 0 Å². The minimum absolute atomic E-state index is 0.0681. The topological polar surface area (TPSA) is 231 Å². The molecule has 0 amide bonds. The molecule has 16 nitrogen and oxygen atoms in total. The van der Waals surface area contributed by atoms with Crippen LogP contribution in [-0.2, 0) is 55.8 Å². The zero-order valence-corrected chi connectivity index (χ0v) is 65.2. The van der Waals surface area contributed by atoms with Crippen LogP contribution in [0.1, 0.15) is 265 Å². The highest BCUT2D eigenvalue weighted by molar-refractivity contribution is 7.47. The van der Waals surface area contributed by atoms with E-state index in [1.807, 2.05) is 0 Å². The quantitative estimate of drug-likeness (QED) is 0.0146. The van der Waals surface area contributed by atoms with Gasteiger partial charge in [-0.2, -0.15) is 0 Å². The Morgan fingerprint density at radius 2 is 0.515 bits per heavy atom. The van der Waals surface area contributed by atoms with E-state index < -0.39 is 91.5 Å². The van der Waals surface area contributed by atoms with Gasteiger partial charge in [0.25, 0.3) is 0 Å². The fourth-order valence-corrected chi connectivity index (χ4v) is 11.0. The molecule has 0 aromatic carbocycles. The van der Waals surface area contributed by atoms with Gasteiger partial charge >= 0.3 is 33.6 Å². The molecule has 0 saturated heterocycles. The van der Waals surface area contributed by atoms with E-state index in [1.54, 1.807) is 0 Å². The Labute approximate surface area is 623 Å². The highest BCUT2D eigenvalue weighted by Gasteiger charge is 2.29. The molecule has 0 radical (unpaired) electrons. The molecule has 0 rings (SSSR count). The molecule has 5 unspecified atom stereocenters. The molecule has 0 aliphatic carbocycles. The van der Waals surface area contributed by atoms with E-state index in [2.05, 4.69) is 215 Å². The Hall–Kier alpha value is -5.61. The number of hydrogen-bond acceptors (Lipinski definition) is 14. The molecule has 0 aromatic rings. The first-order chi connectivity index (χ1) is 50.2.